The predicted octanol–water partition coefficient (Wildman–Crippen LogP) is 2.29. The summed E-state index contributed by atoms with van der Waals surface area (Å²) in [4.78, 5) is 4.77. The first kappa shape index (κ1) is 13.1. The van der Waals surface area contributed by atoms with Gasteiger partial charge >= 0.3 is 0 Å². The molecular weight excluding hydrogens is 248 g/mol. The molecule has 4 heteroatoms. The molecule has 0 aliphatic carbocycles. The van der Waals surface area contributed by atoms with E-state index in [0.717, 1.165) is 49.8 Å². The molecule has 0 radical (unpaired) electrons. The number of likely N-dealkylation sites (N-methyl/N-ethyl adjacent to an activating group) is 1. The summed E-state index contributed by atoms with van der Waals surface area (Å²) in [5.74, 6) is 0.987. The maximum atomic E-state index is 4.39. The summed E-state index contributed by atoms with van der Waals surface area (Å²) in [6.07, 6.45) is 0. The van der Waals surface area contributed by atoms with Crippen molar-refractivity contribution in [2.24, 2.45) is 0 Å². The Kier molecular flexibility index (Phi) is 3.92. The van der Waals surface area contributed by atoms with E-state index in [9.17, 15) is 0 Å². The van der Waals surface area contributed by atoms with Crippen LogP contribution in [0.5, 0.6) is 0 Å². The molecule has 0 N–H and O–H groups in total. The lowest BCUT2D eigenvalue weighted by Crippen LogP contribution is -2.46. The van der Waals surface area contributed by atoms with Crippen LogP contribution in [0.3, 0.4) is 0 Å². The molecule has 1 aromatic carbocycles. The van der Waals surface area contributed by atoms with E-state index in [0.29, 0.717) is 0 Å². The smallest absolute Gasteiger partial charge is 0.151 e. The van der Waals surface area contributed by atoms with Crippen LogP contribution in [-0.4, -0.2) is 47.8 Å². The van der Waals surface area contributed by atoms with E-state index in [-0.39, 0.29) is 0 Å². The molecule has 2 heterocycles. The largest absolute Gasteiger partial charge is 0.353 e. The van der Waals surface area contributed by atoms with E-state index in [1.54, 1.807) is 0 Å². The highest BCUT2D eigenvalue weighted by molar-refractivity contribution is 5.59. The van der Waals surface area contributed by atoms with Crippen molar-refractivity contribution in [3.05, 3.63) is 42.5 Å². The van der Waals surface area contributed by atoms with E-state index in [4.69, 9.17) is 0 Å². The molecule has 1 saturated heterocycles. The van der Waals surface area contributed by atoms with Crippen LogP contribution in [-0.2, 0) is 0 Å². The molecule has 1 aliphatic heterocycles. The third-order valence-electron chi connectivity index (χ3n) is 3.86. The van der Waals surface area contributed by atoms with Crippen molar-refractivity contribution in [3.8, 4) is 11.3 Å². The molecule has 2 aromatic rings. The SMILES string of the molecule is CCN1CCN(c2ccc(-c3ccccc3)nn2)CC1. The Morgan fingerprint density at radius 2 is 1.65 bits per heavy atom. The summed E-state index contributed by atoms with van der Waals surface area (Å²) in [6.45, 7) is 7.63. The van der Waals surface area contributed by atoms with Gasteiger partial charge in [0.05, 0.1) is 5.69 Å². The molecule has 3 rings (SSSR count). The zero-order valence-corrected chi connectivity index (χ0v) is 11.9. The molecule has 104 valence electrons. The standard InChI is InChI=1S/C16H20N4/c1-2-19-10-12-20(13-11-19)16-9-8-15(17-18-16)14-6-4-3-5-7-14/h3-9H,2,10-13H2,1H3. The Morgan fingerprint density at radius 1 is 0.900 bits per heavy atom. The van der Waals surface area contributed by atoms with Gasteiger partial charge in [0.2, 0.25) is 0 Å². The fourth-order valence-electron chi connectivity index (χ4n) is 2.55. The predicted molar refractivity (Wildman–Crippen MR) is 81.8 cm³/mol. The Hall–Kier alpha value is -1.94. The number of hydrogen-bond acceptors (Lipinski definition) is 4. The van der Waals surface area contributed by atoms with Crippen molar-refractivity contribution >= 4 is 5.82 Å². The Bertz CT molecular complexity index is 530. The zero-order valence-electron chi connectivity index (χ0n) is 11.9. The minimum atomic E-state index is 0.932. The Balaban J connectivity index is 1.71. The maximum absolute atomic E-state index is 4.39. The van der Waals surface area contributed by atoms with Gasteiger partial charge in [-0.15, -0.1) is 10.2 Å². The topological polar surface area (TPSA) is 32.3 Å². The van der Waals surface area contributed by atoms with Gasteiger partial charge in [0.25, 0.3) is 0 Å². The van der Waals surface area contributed by atoms with Gasteiger partial charge < -0.3 is 9.80 Å². The van der Waals surface area contributed by atoms with Crippen LogP contribution in [0.25, 0.3) is 11.3 Å². The minimum absolute atomic E-state index is 0.932. The third-order valence-corrected chi connectivity index (χ3v) is 3.86. The maximum Gasteiger partial charge on any atom is 0.151 e. The minimum Gasteiger partial charge on any atom is -0.353 e. The molecule has 20 heavy (non-hydrogen) atoms. The highest BCUT2D eigenvalue weighted by Gasteiger charge is 2.16. The average molecular weight is 268 g/mol. The molecule has 4 nitrogen and oxygen atoms in total. The van der Waals surface area contributed by atoms with Gasteiger partial charge in [-0.3, -0.25) is 0 Å². The highest BCUT2D eigenvalue weighted by Crippen LogP contribution is 2.18. The van der Waals surface area contributed by atoms with Crippen molar-refractivity contribution in [1.82, 2.24) is 15.1 Å². The van der Waals surface area contributed by atoms with Crippen molar-refractivity contribution in [1.29, 1.82) is 0 Å². The quantitative estimate of drug-likeness (QED) is 0.855. The first-order valence-electron chi connectivity index (χ1n) is 7.23. The molecular formula is C16H20N4. The Labute approximate surface area is 120 Å². The number of nitrogens with zero attached hydrogens (tertiary/aromatic N) is 4. The number of benzene rings is 1. The van der Waals surface area contributed by atoms with Gasteiger partial charge in [-0.2, -0.15) is 0 Å². The van der Waals surface area contributed by atoms with Crippen molar-refractivity contribution in [2.75, 3.05) is 37.6 Å². The van der Waals surface area contributed by atoms with Gasteiger partial charge in [-0.05, 0) is 18.7 Å². The number of rotatable bonds is 3. The lowest BCUT2D eigenvalue weighted by Gasteiger charge is -2.34. The van der Waals surface area contributed by atoms with E-state index in [1.165, 1.54) is 0 Å². The molecule has 0 amide bonds. The zero-order chi connectivity index (χ0) is 13.8. The van der Waals surface area contributed by atoms with Gasteiger partial charge in [-0.25, -0.2) is 0 Å². The van der Waals surface area contributed by atoms with Gasteiger partial charge in [0.15, 0.2) is 5.82 Å². The van der Waals surface area contributed by atoms with E-state index in [1.807, 2.05) is 18.2 Å². The first-order chi connectivity index (χ1) is 9.86. The van der Waals surface area contributed by atoms with Crippen molar-refractivity contribution < 1.29 is 0 Å². The van der Waals surface area contributed by atoms with E-state index < -0.39 is 0 Å². The Morgan fingerprint density at radius 3 is 2.25 bits per heavy atom. The summed E-state index contributed by atoms with van der Waals surface area (Å²) < 4.78 is 0. The second-order valence-corrected chi connectivity index (χ2v) is 5.06. The van der Waals surface area contributed by atoms with Crippen LogP contribution < -0.4 is 4.90 Å². The number of piperazine rings is 1. The van der Waals surface area contributed by atoms with Crippen molar-refractivity contribution in [2.45, 2.75) is 6.92 Å². The lowest BCUT2D eigenvalue weighted by molar-refractivity contribution is 0.270. The van der Waals surface area contributed by atoms with E-state index in [2.05, 4.69) is 51.2 Å². The van der Waals surface area contributed by atoms with Crippen LogP contribution in [0.4, 0.5) is 5.82 Å². The molecule has 0 atom stereocenters. The molecule has 0 saturated carbocycles. The molecule has 0 spiro atoms. The number of aromatic nitrogens is 2. The van der Waals surface area contributed by atoms with Crippen LogP contribution in [0.15, 0.2) is 42.5 Å². The summed E-state index contributed by atoms with van der Waals surface area (Å²) in [6, 6.07) is 14.3. The first-order valence-corrected chi connectivity index (χ1v) is 7.23. The fraction of sp³-hybridized carbons (Fsp3) is 0.375. The highest BCUT2D eigenvalue weighted by atomic mass is 15.3. The second kappa shape index (κ2) is 6.01. The molecule has 0 bridgehead atoms. The summed E-state index contributed by atoms with van der Waals surface area (Å²) in [5, 5.41) is 8.75. The molecule has 1 aliphatic rings. The third kappa shape index (κ3) is 2.80. The average Bonchev–Trinajstić information content (AvgIpc) is 2.56. The molecule has 1 fully saturated rings. The fourth-order valence-corrected chi connectivity index (χ4v) is 2.55. The molecule has 0 unspecified atom stereocenters. The van der Waals surface area contributed by atoms with Crippen LogP contribution in [0, 0.1) is 0 Å². The van der Waals surface area contributed by atoms with Gasteiger partial charge in [-0.1, -0.05) is 37.3 Å². The number of hydrogen-bond donors (Lipinski definition) is 0. The molecule has 1 aromatic heterocycles. The lowest BCUT2D eigenvalue weighted by atomic mass is 10.1. The summed E-state index contributed by atoms with van der Waals surface area (Å²) >= 11 is 0. The van der Waals surface area contributed by atoms with Gasteiger partial charge in [0, 0.05) is 31.7 Å². The van der Waals surface area contributed by atoms with E-state index >= 15 is 0 Å². The normalized spacial score (nSPS) is 16.4. The monoisotopic (exact) mass is 268 g/mol. The van der Waals surface area contributed by atoms with Crippen LogP contribution in [0.2, 0.25) is 0 Å². The van der Waals surface area contributed by atoms with Crippen LogP contribution in [0.1, 0.15) is 6.92 Å². The number of anilines is 1. The summed E-state index contributed by atoms with van der Waals surface area (Å²) in [7, 11) is 0. The summed E-state index contributed by atoms with van der Waals surface area (Å²) in [5.41, 5.74) is 2.05. The van der Waals surface area contributed by atoms with Crippen LogP contribution >= 0.6 is 0 Å². The van der Waals surface area contributed by atoms with Gasteiger partial charge in [0.1, 0.15) is 0 Å². The second-order valence-electron chi connectivity index (χ2n) is 5.06. The van der Waals surface area contributed by atoms with Crippen molar-refractivity contribution in [3.63, 3.8) is 0 Å².